The Hall–Kier alpha value is -2.71. The summed E-state index contributed by atoms with van der Waals surface area (Å²) in [6.07, 6.45) is 1.58. The van der Waals surface area contributed by atoms with Crippen LogP contribution in [-0.2, 0) is 16.6 Å². The fraction of sp³-hybridized carbons (Fsp3) is 0.286. The Bertz CT molecular complexity index is 1110. The molecule has 6 nitrogen and oxygen atoms in total. The predicted octanol–water partition coefficient (Wildman–Crippen LogP) is 4.49. The van der Waals surface area contributed by atoms with Gasteiger partial charge in [-0.25, -0.2) is 22.5 Å². The van der Waals surface area contributed by atoms with E-state index in [0.717, 1.165) is 11.6 Å². The average molecular weight is 418 g/mol. The van der Waals surface area contributed by atoms with Crippen molar-refractivity contribution in [2.75, 3.05) is 0 Å². The summed E-state index contributed by atoms with van der Waals surface area (Å²) in [7, 11) is -3.90. The molecule has 8 heteroatoms. The van der Waals surface area contributed by atoms with Crippen LogP contribution in [0.3, 0.4) is 0 Å². The first-order valence-corrected chi connectivity index (χ1v) is 10.8. The molecular formula is C21H24FN3O3S. The van der Waals surface area contributed by atoms with E-state index in [0.29, 0.717) is 29.6 Å². The standard InChI is InChI=1S/C21H24FN3O3S/c1-5-25-20(13-23-21(25)28-17-9-6-14(2)7-10-17)16(4)24-29(26,27)18-11-8-15(3)19(22)12-18/h6-13,16,24H,5H2,1-4H3. The van der Waals surface area contributed by atoms with E-state index >= 15 is 0 Å². The number of halogens is 1. The van der Waals surface area contributed by atoms with Crippen LogP contribution in [-0.4, -0.2) is 18.0 Å². The maximum Gasteiger partial charge on any atom is 0.302 e. The van der Waals surface area contributed by atoms with E-state index in [-0.39, 0.29) is 4.90 Å². The molecular weight excluding hydrogens is 393 g/mol. The van der Waals surface area contributed by atoms with Crippen LogP contribution in [0.1, 0.15) is 36.7 Å². The highest BCUT2D eigenvalue weighted by Crippen LogP contribution is 2.26. The van der Waals surface area contributed by atoms with Crippen LogP contribution < -0.4 is 9.46 Å². The molecule has 1 N–H and O–H groups in total. The van der Waals surface area contributed by atoms with Gasteiger partial charge in [0, 0.05) is 6.54 Å². The number of nitrogens with one attached hydrogen (secondary N) is 1. The molecule has 0 amide bonds. The number of hydrogen-bond donors (Lipinski definition) is 1. The summed E-state index contributed by atoms with van der Waals surface area (Å²) in [5.41, 5.74) is 2.15. The van der Waals surface area contributed by atoms with E-state index in [4.69, 9.17) is 4.74 Å². The van der Waals surface area contributed by atoms with Gasteiger partial charge in [-0.1, -0.05) is 23.8 Å². The van der Waals surface area contributed by atoms with Gasteiger partial charge in [0.15, 0.2) is 0 Å². The Morgan fingerprint density at radius 3 is 2.48 bits per heavy atom. The molecule has 0 saturated carbocycles. The number of rotatable bonds is 7. The molecule has 0 bridgehead atoms. The second-order valence-corrected chi connectivity index (χ2v) is 8.59. The normalized spacial score (nSPS) is 12.7. The van der Waals surface area contributed by atoms with Gasteiger partial charge in [0.1, 0.15) is 11.6 Å². The van der Waals surface area contributed by atoms with Crippen molar-refractivity contribution in [2.45, 2.75) is 45.2 Å². The van der Waals surface area contributed by atoms with Crippen molar-refractivity contribution in [3.05, 3.63) is 71.3 Å². The molecule has 29 heavy (non-hydrogen) atoms. The topological polar surface area (TPSA) is 73.2 Å². The third-order valence-corrected chi connectivity index (χ3v) is 6.16. The van der Waals surface area contributed by atoms with Crippen molar-refractivity contribution in [1.29, 1.82) is 0 Å². The van der Waals surface area contributed by atoms with Gasteiger partial charge in [-0.2, -0.15) is 0 Å². The average Bonchev–Trinajstić information content (AvgIpc) is 3.08. The zero-order chi connectivity index (χ0) is 21.2. The van der Waals surface area contributed by atoms with Crippen molar-refractivity contribution in [1.82, 2.24) is 14.3 Å². The number of ether oxygens (including phenoxy) is 1. The summed E-state index contributed by atoms with van der Waals surface area (Å²) < 4.78 is 49.4. The van der Waals surface area contributed by atoms with Crippen molar-refractivity contribution < 1.29 is 17.5 Å². The Kier molecular flexibility index (Phi) is 6.04. The Morgan fingerprint density at radius 2 is 1.86 bits per heavy atom. The molecule has 1 aromatic heterocycles. The second kappa shape index (κ2) is 8.34. The van der Waals surface area contributed by atoms with Crippen LogP contribution in [0.5, 0.6) is 11.8 Å². The van der Waals surface area contributed by atoms with Crippen LogP contribution in [0.25, 0.3) is 0 Å². The monoisotopic (exact) mass is 417 g/mol. The summed E-state index contributed by atoms with van der Waals surface area (Å²) in [6, 6.07) is 11.2. The van der Waals surface area contributed by atoms with Crippen molar-refractivity contribution in [3.8, 4) is 11.8 Å². The zero-order valence-electron chi connectivity index (χ0n) is 16.8. The van der Waals surface area contributed by atoms with Crippen LogP contribution in [0.15, 0.2) is 53.6 Å². The number of aromatic nitrogens is 2. The minimum Gasteiger partial charge on any atom is -0.426 e. The highest BCUT2D eigenvalue weighted by atomic mass is 32.2. The van der Waals surface area contributed by atoms with Crippen LogP contribution in [0, 0.1) is 19.7 Å². The van der Waals surface area contributed by atoms with Gasteiger partial charge in [-0.3, -0.25) is 4.57 Å². The highest BCUT2D eigenvalue weighted by molar-refractivity contribution is 7.89. The molecule has 154 valence electrons. The summed E-state index contributed by atoms with van der Waals surface area (Å²) in [4.78, 5) is 4.18. The molecule has 0 aliphatic carbocycles. The SMILES string of the molecule is CCn1c(C(C)NS(=O)(=O)c2ccc(C)c(F)c2)cnc1Oc1ccc(C)cc1. The zero-order valence-corrected chi connectivity index (χ0v) is 17.6. The number of benzene rings is 2. The molecule has 0 aliphatic heterocycles. The van der Waals surface area contributed by atoms with Gasteiger partial charge < -0.3 is 4.74 Å². The molecule has 3 rings (SSSR count). The number of imidazole rings is 1. The lowest BCUT2D eigenvalue weighted by Crippen LogP contribution is -2.28. The first kappa shape index (κ1) is 21.0. The van der Waals surface area contributed by atoms with Gasteiger partial charge in [0.25, 0.3) is 0 Å². The maximum absolute atomic E-state index is 13.8. The van der Waals surface area contributed by atoms with Crippen molar-refractivity contribution in [3.63, 3.8) is 0 Å². The van der Waals surface area contributed by atoms with Gasteiger partial charge in [-0.05, 0) is 57.5 Å². The van der Waals surface area contributed by atoms with E-state index in [1.807, 2.05) is 38.1 Å². The molecule has 0 saturated heterocycles. The van der Waals surface area contributed by atoms with Crippen LogP contribution in [0.4, 0.5) is 4.39 Å². The molecule has 3 aromatic rings. The molecule has 0 aliphatic rings. The van der Waals surface area contributed by atoms with E-state index < -0.39 is 21.9 Å². The molecule has 1 unspecified atom stereocenters. The fourth-order valence-corrected chi connectivity index (χ4v) is 4.16. The molecule has 1 atom stereocenters. The summed E-state index contributed by atoms with van der Waals surface area (Å²) >= 11 is 0. The van der Waals surface area contributed by atoms with E-state index in [1.54, 1.807) is 24.6 Å². The maximum atomic E-state index is 13.8. The molecule has 0 fully saturated rings. The largest absolute Gasteiger partial charge is 0.426 e. The second-order valence-electron chi connectivity index (χ2n) is 6.88. The number of hydrogen-bond acceptors (Lipinski definition) is 4. The quantitative estimate of drug-likeness (QED) is 0.615. The van der Waals surface area contributed by atoms with E-state index in [1.165, 1.54) is 12.1 Å². The third-order valence-electron chi connectivity index (χ3n) is 4.63. The fourth-order valence-electron chi connectivity index (χ4n) is 2.93. The third kappa shape index (κ3) is 4.65. The Labute approximate surface area is 170 Å². The lowest BCUT2D eigenvalue weighted by Gasteiger charge is -2.17. The summed E-state index contributed by atoms with van der Waals surface area (Å²) in [5, 5.41) is 0. The van der Waals surface area contributed by atoms with Gasteiger partial charge >= 0.3 is 6.01 Å². The van der Waals surface area contributed by atoms with E-state index in [9.17, 15) is 12.8 Å². The highest BCUT2D eigenvalue weighted by Gasteiger charge is 2.23. The lowest BCUT2D eigenvalue weighted by atomic mass is 10.2. The number of aryl methyl sites for hydroxylation is 2. The van der Waals surface area contributed by atoms with Crippen LogP contribution in [0.2, 0.25) is 0 Å². The van der Waals surface area contributed by atoms with Crippen molar-refractivity contribution >= 4 is 10.0 Å². The summed E-state index contributed by atoms with van der Waals surface area (Å²) in [5.74, 6) is 0.0822. The number of sulfonamides is 1. The first-order chi connectivity index (χ1) is 13.7. The number of nitrogens with zero attached hydrogens (tertiary/aromatic N) is 2. The molecule has 0 spiro atoms. The minimum absolute atomic E-state index is 0.119. The van der Waals surface area contributed by atoms with E-state index in [2.05, 4.69) is 9.71 Å². The lowest BCUT2D eigenvalue weighted by molar-refractivity contribution is 0.408. The Morgan fingerprint density at radius 1 is 1.17 bits per heavy atom. The minimum atomic E-state index is -3.90. The predicted molar refractivity (Wildman–Crippen MR) is 109 cm³/mol. The first-order valence-electron chi connectivity index (χ1n) is 9.29. The van der Waals surface area contributed by atoms with Crippen LogP contribution >= 0.6 is 0 Å². The van der Waals surface area contributed by atoms with Gasteiger partial charge in [-0.15, -0.1) is 0 Å². The molecule has 1 heterocycles. The Balaban J connectivity index is 1.83. The van der Waals surface area contributed by atoms with Crippen molar-refractivity contribution in [2.24, 2.45) is 0 Å². The smallest absolute Gasteiger partial charge is 0.302 e. The van der Waals surface area contributed by atoms with Gasteiger partial charge in [0.2, 0.25) is 10.0 Å². The summed E-state index contributed by atoms with van der Waals surface area (Å²) in [6.45, 7) is 7.74. The molecule has 2 aromatic carbocycles. The molecule has 0 radical (unpaired) electrons. The van der Waals surface area contributed by atoms with Gasteiger partial charge in [0.05, 0.1) is 22.8 Å².